The summed E-state index contributed by atoms with van der Waals surface area (Å²) in [5.41, 5.74) is 3.81. The van der Waals surface area contributed by atoms with E-state index in [0.29, 0.717) is 40.5 Å². The molecule has 6 heteroatoms. The van der Waals surface area contributed by atoms with Gasteiger partial charge in [0.25, 0.3) is 5.91 Å². The van der Waals surface area contributed by atoms with E-state index in [1.807, 2.05) is 25.1 Å². The third-order valence-corrected chi connectivity index (χ3v) is 7.34. The summed E-state index contributed by atoms with van der Waals surface area (Å²) in [5.74, 6) is 2.68. The SMILES string of the molecule is CC[C@@H](NC(=O)c1ccc(C#N)cc1)[C@H]1[C@@H]2C[C@@H](n3c(C)nc4ccc(C#N)cc43)C[C@@H]21. The Kier molecular flexibility index (Phi) is 4.94. The molecule has 1 amide bonds. The number of nitriles is 2. The molecule has 0 radical (unpaired) electrons. The smallest absolute Gasteiger partial charge is 0.251 e. The van der Waals surface area contributed by atoms with Gasteiger partial charge in [-0.25, -0.2) is 4.98 Å². The number of aromatic nitrogens is 2. The van der Waals surface area contributed by atoms with Crippen LogP contribution in [-0.2, 0) is 0 Å². The first-order valence-electron chi connectivity index (χ1n) is 11.2. The van der Waals surface area contributed by atoms with E-state index in [1.54, 1.807) is 24.3 Å². The number of amides is 1. The quantitative estimate of drug-likeness (QED) is 0.654. The molecule has 32 heavy (non-hydrogen) atoms. The second-order valence-corrected chi connectivity index (χ2v) is 9.05. The lowest BCUT2D eigenvalue weighted by Crippen LogP contribution is -2.37. The van der Waals surface area contributed by atoms with Crippen molar-refractivity contribution in [1.82, 2.24) is 14.9 Å². The lowest BCUT2D eigenvalue weighted by molar-refractivity contribution is 0.0927. The third kappa shape index (κ3) is 3.33. The Labute approximate surface area is 187 Å². The molecule has 5 atom stereocenters. The molecular weight excluding hydrogens is 398 g/mol. The highest BCUT2D eigenvalue weighted by Crippen LogP contribution is 2.63. The van der Waals surface area contributed by atoms with E-state index in [0.717, 1.165) is 36.1 Å². The zero-order valence-electron chi connectivity index (χ0n) is 18.2. The normalized spacial score (nSPS) is 24.4. The summed E-state index contributed by atoms with van der Waals surface area (Å²) in [4.78, 5) is 17.4. The highest BCUT2D eigenvalue weighted by Gasteiger charge is 2.59. The summed E-state index contributed by atoms with van der Waals surface area (Å²) in [6, 6.07) is 17.4. The topological polar surface area (TPSA) is 94.5 Å². The predicted octanol–water partition coefficient (Wildman–Crippen LogP) is 4.49. The molecule has 0 bridgehead atoms. The summed E-state index contributed by atoms with van der Waals surface area (Å²) in [6.07, 6.45) is 3.08. The number of hydrogen-bond donors (Lipinski definition) is 1. The number of fused-ring (bicyclic) bond motifs is 2. The molecule has 0 saturated heterocycles. The van der Waals surface area contributed by atoms with Gasteiger partial charge in [0.05, 0.1) is 34.3 Å². The molecule has 6 nitrogen and oxygen atoms in total. The van der Waals surface area contributed by atoms with Crippen LogP contribution in [0.5, 0.6) is 0 Å². The number of aryl methyl sites for hydroxylation is 1. The Bertz CT molecular complexity index is 1260. The summed E-state index contributed by atoms with van der Waals surface area (Å²) in [7, 11) is 0. The Morgan fingerprint density at radius 1 is 1.12 bits per heavy atom. The molecule has 1 N–H and O–H groups in total. The van der Waals surface area contributed by atoms with E-state index in [1.165, 1.54) is 0 Å². The number of benzene rings is 2. The van der Waals surface area contributed by atoms with Crippen molar-refractivity contribution >= 4 is 16.9 Å². The van der Waals surface area contributed by atoms with Crippen molar-refractivity contribution in [3.05, 3.63) is 65.0 Å². The maximum atomic E-state index is 12.7. The van der Waals surface area contributed by atoms with Crippen LogP contribution in [0.1, 0.15) is 59.5 Å². The first-order valence-corrected chi connectivity index (χ1v) is 11.2. The van der Waals surface area contributed by atoms with E-state index in [4.69, 9.17) is 10.2 Å². The minimum atomic E-state index is -0.0663. The lowest BCUT2D eigenvalue weighted by Gasteiger charge is -2.23. The molecule has 3 aromatic rings. The van der Waals surface area contributed by atoms with Crippen molar-refractivity contribution in [2.24, 2.45) is 17.8 Å². The highest BCUT2D eigenvalue weighted by atomic mass is 16.1. The Morgan fingerprint density at radius 3 is 2.41 bits per heavy atom. The molecular formula is C26H25N5O. The van der Waals surface area contributed by atoms with Crippen LogP contribution >= 0.6 is 0 Å². The molecule has 2 aromatic carbocycles. The van der Waals surface area contributed by atoms with Gasteiger partial charge < -0.3 is 9.88 Å². The van der Waals surface area contributed by atoms with Crippen LogP contribution in [0.2, 0.25) is 0 Å². The van der Waals surface area contributed by atoms with E-state index in [2.05, 4.69) is 28.9 Å². The van der Waals surface area contributed by atoms with Gasteiger partial charge in [-0.2, -0.15) is 10.5 Å². The fourth-order valence-corrected chi connectivity index (χ4v) is 5.83. The molecule has 0 aliphatic heterocycles. The summed E-state index contributed by atoms with van der Waals surface area (Å²) in [5, 5.41) is 21.5. The number of carbonyl (C=O) groups is 1. The average molecular weight is 424 g/mol. The number of nitrogens with zero attached hydrogens (tertiary/aromatic N) is 4. The molecule has 1 aromatic heterocycles. The van der Waals surface area contributed by atoms with Crippen molar-refractivity contribution in [1.29, 1.82) is 10.5 Å². The zero-order valence-corrected chi connectivity index (χ0v) is 18.2. The number of imidazole rings is 1. The standard InChI is InChI=1S/C26H25N5O/c1-3-22(30-26(32)18-7-4-16(13-27)5-8-18)25-20-11-19(12-21(20)25)31-15(2)29-23-9-6-17(14-28)10-24(23)31/h4-10,19-22,25H,3,11-12H2,1-2H3,(H,30,32)/t19-,20-,21+,22-,25+/m1/s1. The first-order chi connectivity index (χ1) is 15.5. The van der Waals surface area contributed by atoms with Gasteiger partial charge in [-0.15, -0.1) is 0 Å². The fraction of sp³-hybridized carbons (Fsp3) is 0.385. The minimum absolute atomic E-state index is 0.0663. The van der Waals surface area contributed by atoms with Crippen molar-refractivity contribution in [3.63, 3.8) is 0 Å². The predicted molar refractivity (Wildman–Crippen MR) is 121 cm³/mol. The lowest BCUT2D eigenvalue weighted by atomic mass is 9.98. The van der Waals surface area contributed by atoms with Crippen molar-refractivity contribution in [2.45, 2.75) is 45.2 Å². The first kappa shape index (κ1) is 20.3. The van der Waals surface area contributed by atoms with Crippen LogP contribution in [0.25, 0.3) is 11.0 Å². The average Bonchev–Trinajstić information content (AvgIpc) is 3.14. The monoisotopic (exact) mass is 423 g/mol. The maximum Gasteiger partial charge on any atom is 0.251 e. The van der Waals surface area contributed by atoms with Crippen LogP contribution in [0, 0.1) is 47.3 Å². The summed E-state index contributed by atoms with van der Waals surface area (Å²) in [6.45, 7) is 4.17. The Balaban J connectivity index is 1.28. The number of carbonyl (C=O) groups excluding carboxylic acids is 1. The molecule has 160 valence electrons. The molecule has 1 heterocycles. The molecule has 0 unspecified atom stereocenters. The van der Waals surface area contributed by atoms with Gasteiger partial charge in [0.15, 0.2) is 0 Å². The van der Waals surface area contributed by atoms with Crippen LogP contribution < -0.4 is 5.32 Å². The number of hydrogen-bond acceptors (Lipinski definition) is 4. The van der Waals surface area contributed by atoms with Crippen LogP contribution in [0.15, 0.2) is 42.5 Å². The molecule has 2 fully saturated rings. The fourth-order valence-electron chi connectivity index (χ4n) is 5.83. The minimum Gasteiger partial charge on any atom is -0.349 e. The molecule has 0 spiro atoms. The van der Waals surface area contributed by atoms with Gasteiger partial charge in [0.1, 0.15) is 5.82 Å². The van der Waals surface area contributed by atoms with E-state index in [9.17, 15) is 10.1 Å². The zero-order chi connectivity index (χ0) is 22.4. The van der Waals surface area contributed by atoms with Gasteiger partial charge in [-0.05, 0) is 86.4 Å². The molecule has 5 rings (SSSR count). The molecule has 2 saturated carbocycles. The summed E-state index contributed by atoms with van der Waals surface area (Å²) >= 11 is 0. The van der Waals surface area contributed by atoms with Gasteiger partial charge in [-0.1, -0.05) is 6.92 Å². The van der Waals surface area contributed by atoms with Crippen LogP contribution in [0.4, 0.5) is 0 Å². The highest BCUT2D eigenvalue weighted by molar-refractivity contribution is 5.94. The Morgan fingerprint density at radius 2 is 1.78 bits per heavy atom. The van der Waals surface area contributed by atoms with Crippen LogP contribution in [0.3, 0.4) is 0 Å². The maximum absolute atomic E-state index is 12.7. The largest absolute Gasteiger partial charge is 0.349 e. The van der Waals surface area contributed by atoms with E-state index in [-0.39, 0.29) is 11.9 Å². The molecule has 2 aliphatic carbocycles. The Hall–Kier alpha value is -3.64. The van der Waals surface area contributed by atoms with Crippen LogP contribution in [-0.4, -0.2) is 21.5 Å². The van der Waals surface area contributed by atoms with Gasteiger partial charge in [0, 0.05) is 17.6 Å². The second-order valence-electron chi connectivity index (χ2n) is 9.05. The van der Waals surface area contributed by atoms with Gasteiger partial charge >= 0.3 is 0 Å². The van der Waals surface area contributed by atoms with Crippen molar-refractivity contribution in [2.75, 3.05) is 0 Å². The van der Waals surface area contributed by atoms with Gasteiger partial charge in [0.2, 0.25) is 0 Å². The van der Waals surface area contributed by atoms with Crippen molar-refractivity contribution in [3.8, 4) is 12.1 Å². The third-order valence-electron chi connectivity index (χ3n) is 7.34. The van der Waals surface area contributed by atoms with Crippen molar-refractivity contribution < 1.29 is 4.79 Å². The number of rotatable bonds is 5. The second kappa shape index (κ2) is 7.80. The summed E-state index contributed by atoms with van der Waals surface area (Å²) < 4.78 is 2.32. The number of nitrogens with one attached hydrogen (secondary N) is 1. The van der Waals surface area contributed by atoms with E-state index >= 15 is 0 Å². The molecule has 2 aliphatic rings. The van der Waals surface area contributed by atoms with E-state index < -0.39 is 0 Å². The van der Waals surface area contributed by atoms with Gasteiger partial charge in [-0.3, -0.25) is 4.79 Å².